The monoisotopic (exact) mass is 266 g/mol. The maximum atomic E-state index is 13.0. The van der Waals surface area contributed by atoms with Crippen LogP contribution in [0.5, 0.6) is 0 Å². The molecule has 0 bridgehead atoms. The summed E-state index contributed by atoms with van der Waals surface area (Å²) in [6, 6.07) is 6.18. The van der Waals surface area contributed by atoms with Crippen molar-refractivity contribution in [1.82, 2.24) is 5.32 Å². The fourth-order valence-corrected chi connectivity index (χ4v) is 2.19. The first-order valence-corrected chi connectivity index (χ1v) is 6.54. The zero-order chi connectivity index (χ0) is 13.7. The van der Waals surface area contributed by atoms with E-state index in [9.17, 15) is 9.18 Å². The average Bonchev–Trinajstić information content (AvgIpc) is 2.36. The van der Waals surface area contributed by atoms with E-state index in [1.54, 1.807) is 12.1 Å². The molecule has 2 unspecified atom stereocenters. The molecule has 0 aromatic heterocycles. The van der Waals surface area contributed by atoms with E-state index in [-0.39, 0.29) is 24.4 Å². The second kappa shape index (κ2) is 6.63. The van der Waals surface area contributed by atoms with Gasteiger partial charge in [-0.3, -0.25) is 4.79 Å². The number of carbonyl (C=O) groups is 1. The normalized spacial score (nSPS) is 23.1. The minimum Gasteiger partial charge on any atom is -0.378 e. The van der Waals surface area contributed by atoms with Gasteiger partial charge in [-0.2, -0.15) is 0 Å². The fraction of sp³-hybridized carbons (Fsp3) is 0.500. The molecule has 0 aliphatic carbocycles. The minimum absolute atomic E-state index is 0.162. The molecule has 2 atom stereocenters. The first-order chi connectivity index (χ1) is 9.13. The lowest BCUT2D eigenvalue weighted by Gasteiger charge is -2.27. The Balaban J connectivity index is 1.75. The number of benzene rings is 1. The summed E-state index contributed by atoms with van der Waals surface area (Å²) in [4.78, 5) is 11.7. The van der Waals surface area contributed by atoms with Gasteiger partial charge in [0.2, 0.25) is 5.91 Å². The number of anilines is 1. The molecule has 1 amide bonds. The van der Waals surface area contributed by atoms with Gasteiger partial charge in [0, 0.05) is 18.3 Å². The molecule has 1 heterocycles. The molecule has 19 heavy (non-hydrogen) atoms. The second-order valence-corrected chi connectivity index (χ2v) is 4.84. The highest BCUT2D eigenvalue weighted by molar-refractivity contribution is 5.92. The van der Waals surface area contributed by atoms with Crippen molar-refractivity contribution in [3.05, 3.63) is 30.1 Å². The van der Waals surface area contributed by atoms with Crippen LogP contribution in [0.15, 0.2) is 24.3 Å². The van der Waals surface area contributed by atoms with Gasteiger partial charge in [-0.05, 0) is 38.0 Å². The third kappa shape index (κ3) is 4.61. The highest BCUT2D eigenvalue weighted by Gasteiger charge is 2.19. The highest BCUT2D eigenvalue weighted by Crippen LogP contribution is 2.13. The van der Waals surface area contributed by atoms with Crippen molar-refractivity contribution in [2.45, 2.75) is 31.9 Å². The van der Waals surface area contributed by atoms with Crippen LogP contribution in [-0.2, 0) is 9.53 Å². The minimum atomic E-state index is -0.357. The summed E-state index contributed by atoms with van der Waals surface area (Å²) in [6.07, 6.45) is 2.06. The number of nitrogens with one attached hydrogen (secondary N) is 2. The molecule has 1 aliphatic heterocycles. The van der Waals surface area contributed by atoms with E-state index in [0.717, 1.165) is 19.4 Å². The highest BCUT2D eigenvalue weighted by atomic mass is 19.1. The van der Waals surface area contributed by atoms with E-state index in [4.69, 9.17) is 4.74 Å². The van der Waals surface area contributed by atoms with Crippen molar-refractivity contribution < 1.29 is 13.9 Å². The number of ether oxygens (including phenoxy) is 1. The summed E-state index contributed by atoms with van der Waals surface area (Å²) in [5.41, 5.74) is 0.479. The van der Waals surface area contributed by atoms with Crippen LogP contribution in [0, 0.1) is 5.82 Å². The zero-order valence-corrected chi connectivity index (χ0v) is 11.0. The molecular weight excluding hydrogens is 247 g/mol. The standard InChI is InChI=1S/C14H19FN2O2/c1-10-7-12(5-6-19-10)16-9-14(18)17-13-4-2-3-11(15)8-13/h2-4,8,10,12,16H,5-7,9H2,1H3,(H,17,18). The zero-order valence-electron chi connectivity index (χ0n) is 11.0. The largest absolute Gasteiger partial charge is 0.378 e. The molecule has 0 radical (unpaired) electrons. The quantitative estimate of drug-likeness (QED) is 0.875. The molecule has 0 spiro atoms. The van der Waals surface area contributed by atoms with Crippen LogP contribution in [0.25, 0.3) is 0 Å². The van der Waals surface area contributed by atoms with Gasteiger partial charge in [0.25, 0.3) is 0 Å². The van der Waals surface area contributed by atoms with Crippen molar-refractivity contribution in [2.24, 2.45) is 0 Å². The van der Waals surface area contributed by atoms with E-state index >= 15 is 0 Å². The maximum absolute atomic E-state index is 13.0. The lowest BCUT2D eigenvalue weighted by molar-refractivity contribution is -0.115. The van der Waals surface area contributed by atoms with Gasteiger partial charge in [-0.1, -0.05) is 6.07 Å². The van der Waals surface area contributed by atoms with Gasteiger partial charge in [-0.15, -0.1) is 0 Å². The Hall–Kier alpha value is -1.46. The number of hydrogen-bond donors (Lipinski definition) is 2. The van der Waals surface area contributed by atoms with Crippen LogP contribution in [0.2, 0.25) is 0 Å². The summed E-state index contributed by atoms with van der Waals surface area (Å²) in [7, 11) is 0. The third-order valence-electron chi connectivity index (χ3n) is 3.14. The van der Waals surface area contributed by atoms with E-state index in [1.165, 1.54) is 12.1 Å². The molecule has 1 aliphatic rings. The molecular formula is C14H19FN2O2. The summed E-state index contributed by atoms with van der Waals surface area (Å²) >= 11 is 0. The molecule has 1 fully saturated rings. The second-order valence-electron chi connectivity index (χ2n) is 4.84. The molecule has 0 saturated carbocycles. The van der Waals surface area contributed by atoms with Gasteiger partial charge in [-0.25, -0.2) is 4.39 Å². The van der Waals surface area contributed by atoms with Gasteiger partial charge in [0.05, 0.1) is 12.6 Å². The van der Waals surface area contributed by atoms with Crippen LogP contribution in [-0.4, -0.2) is 31.2 Å². The summed E-state index contributed by atoms with van der Waals surface area (Å²) in [6.45, 7) is 2.99. The summed E-state index contributed by atoms with van der Waals surface area (Å²) < 4.78 is 18.4. The Morgan fingerprint density at radius 2 is 2.37 bits per heavy atom. The van der Waals surface area contributed by atoms with Crippen molar-refractivity contribution in [3.63, 3.8) is 0 Å². The predicted octanol–water partition coefficient (Wildman–Crippen LogP) is 1.92. The first-order valence-electron chi connectivity index (χ1n) is 6.54. The Labute approximate surface area is 112 Å². The molecule has 1 aromatic carbocycles. The van der Waals surface area contributed by atoms with Gasteiger partial charge >= 0.3 is 0 Å². The number of carbonyl (C=O) groups excluding carboxylic acids is 1. The fourth-order valence-electron chi connectivity index (χ4n) is 2.19. The van der Waals surface area contributed by atoms with Crippen LogP contribution >= 0.6 is 0 Å². The Bertz CT molecular complexity index is 439. The molecule has 2 N–H and O–H groups in total. The molecule has 5 heteroatoms. The van der Waals surface area contributed by atoms with Gasteiger partial charge in [0.1, 0.15) is 5.82 Å². The molecule has 104 valence electrons. The van der Waals surface area contributed by atoms with Crippen molar-refractivity contribution >= 4 is 11.6 Å². The van der Waals surface area contributed by atoms with Crippen molar-refractivity contribution in [3.8, 4) is 0 Å². The van der Waals surface area contributed by atoms with Gasteiger partial charge in [0.15, 0.2) is 0 Å². The third-order valence-corrected chi connectivity index (χ3v) is 3.14. The van der Waals surface area contributed by atoms with Crippen LogP contribution in [0.4, 0.5) is 10.1 Å². The predicted molar refractivity (Wildman–Crippen MR) is 71.5 cm³/mol. The van der Waals surface area contributed by atoms with E-state index < -0.39 is 0 Å². The SMILES string of the molecule is CC1CC(NCC(=O)Nc2cccc(F)c2)CCO1. The summed E-state index contributed by atoms with van der Waals surface area (Å²) in [5, 5.41) is 5.86. The van der Waals surface area contributed by atoms with Gasteiger partial charge < -0.3 is 15.4 Å². The lowest BCUT2D eigenvalue weighted by atomic mass is 10.0. The number of halogens is 1. The lowest BCUT2D eigenvalue weighted by Crippen LogP contribution is -2.41. The average molecular weight is 266 g/mol. The smallest absolute Gasteiger partial charge is 0.238 e. The van der Waals surface area contributed by atoms with Crippen LogP contribution < -0.4 is 10.6 Å². The van der Waals surface area contributed by atoms with E-state index in [1.807, 2.05) is 6.92 Å². The van der Waals surface area contributed by atoms with Crippen LogP contribution in [0.3, 0.4) is 0 Å². The number of rotatable bonds is 4. The molecule has 4 nitrogen and oxygen atoms in total. The molecule has 1 aromatic rings. The number of hydrogen-bond acceptors (Lipinski definition) is 3. The molecule has 1 saturated heterocycles. The van der Waals surface area contributed by atoms with Crippen LogP contribution in [0.1, 0.15) is 19.8 Å². The van der Waals surface area contributed by atoms with E-state index in [2.05, 4.69) is 10.6 Å². The summed E-state index contributed by atoms with van der Waals surface area (Å²) in [5.74, 6) is -0.520. The number of amides is 1. The molecule has 2 rings (SSSR count). The van der Waals surface area contributed by atoms with E-state index in [0.29, 0.717) is 11.7 Å². The Morgan fingerprint density at radius 3 is 3.11 bits per heavy atom. The van der Waals surface area contributed by atoms with Crippen molar-refractivity contribution in [2.75, 3.05) is 18.5 Å². The Morgan fingerprint density at radius 1 is 1.53 bits per heavy atom. The first kappa shape index (κ1) is 14.0. The van der Waals surface area contributed by atoms with Crippen molar-refractivity contribution in [1.29, 1.82) is 0 Å². The topological polar surface area (TPSA) is 50.4 Å². The Kier molecular flexibility index (Phi) is 4.87. The maximum Gasteiger partial charge on any atom is 0.238 e.